The van der Waals surface area contributed by atoms with Gasteiger partial charge in [-0.05, 0) is 38.0 Å². The van der Waals surface area contributed by atoms with Gasteiger partial charge in [0, 0.05) is 12.7 Å². The molecule has 8 nitrogen and oxygen atoms in total. The second-order valence-corrected chi connectivity index (χ2v) is 5.79. The van der Waals surface area contributed by atoms with Crippen molar-refractivity contribution < 1.29 is 24.2 Å². The van der Waals surface area contributed by atoms with E-state index in [-0.39, 0.29) is 18.9 Å². The van der Waals surface area contributed by atoms with Crippen LogP contribution in [-0.4, -0.2) is 46.5 Å². The highest BCUT2D eigenvalue weighted by atomic mass is 16.5. The molecule has 2 N–H and O–H groups in total. The molecule has 0 fully saturated rings. The van der Waals surface area contributed by atoms with Crippen molar-refractivity contribution in [2.75, 3.05) is 19.8 Å². The van der Waals surface area contributed by atoms with E-state index in [9.17, 15) is 9.59 Å². The van der Waals surface area contributed by atoms with Crippen molar-refractivity contribution in [3.05, 3.63) is 41.7 Å². The number of nitrogens with zero attached hydrogens (tertiary/aromatic N) is 2. The lowest BCUT2D eigenvalue weighted by molar-refractivity contribution is -0.137. The Bertz CT molecular complexity index is 772. The first kappa shape index (κ1) is 20.3. The Hall–Kier alpha value is -3.03. The molecule has 0 saturated heterocycles. The maximum Gasteiger partial charge on any atom is 0.305 e. The maximum absolute atomic E-state index is 12.2. The molecule has 1 aromatic carbocycles. The van der Waals surface area contributed by atoms with Gasteiger partial charge in [0.05, 0.1) is 37.9 Å². The van der Waals surface area contributed by atoms with Crippen LogP contribution in [0.5, 0.6) is 11.5 Å². The van der Waals surface area contributed by atoms with Gasteiger partial charge in [-0.15, -0.1) is 0 Å². The molecule has 0 aliphatic heterocycles. The number of rotatable bonds is 11. The normalized spacial score (nSPS) is 10.4. The van der Waals surface area contributed by atoms with Gasteiger partial charge >= 0.3 is 5.97 Å². The fourth-order valence-corrected chi connectivity index (χ4v) is 2.49. The molecule has 1 aromatic heterocycles. The lowest BCUT2D eigenvalue weighted by Gasteiger charge is -2.12. The number of benzene rings is 1. The highest BCUT2D eigenvalue weighted by Crippen LogP contribution is 2.28. The minimum Gasteiger partial charge on any atom is -0.490 e. The number of carbonyl (C=O) groups is 2. The SMILES string of the molecule is CCOc1ccc(CCNC(=O)c2cnn(CCC(=O)O)c2)cc1OCC. The van der Waals surface area contributed by atoms with Gasteiger partial charge in [0.25, 0.3) is 5.91 Å². The highest BCUT2D eigenvalue weighted by molar-refractivity contribution is 5.93. The predicted octanol–water partition coefficient (Wildman–Crippen LogP) is 2.13. The van der Waals surface area contributed by atoms with Gasteiger partial charge in [-0.2, -0.15) is 5.10 Å². The fraction of sp³-hybridized carbons (Fsp3) is 0.421. The number of hydrogen-bond donors (Lipinski definition) is 2. The molecule has 2 rings (SSSR count). The average Bonchev–Trinajstić information content (AvgIpc) is 3.11. The number of nitrogens with one attached hydrogen (secondary N) is 1. The summed E-state index contributed by atoms with van der Waals surface area (Å²) in [5.41, 5.74) is 1.43. The van der Waals surface area contributed by atoms with E-state index in [2.05, 4.69) is 10.4 Å². The summed E-state index contributed by atoms with van der Waals surface area (Å²) in [5, 5.41) is 15.5. The van der Waals surface area contributed by atoms with Crippen molar-refractivity contribution >= 4 is 11.9 Å². The van der Waals surface area contributed by atoms with Crippen molar-refractivity contribution in [2.45, 2.75) is 33.2 Å². The van der Waals surface area contributed by atoms with E-state index in [1.807, 2.05) is 32.0 Å². The van der Waals surface area contributed by atoms with E-state index < -0.39 is 5.97 Å². The molecule has 2 aromatic rings. The Morgan fingerprint density at radius 2 is 1.93 bits per heavy atom. The predicted molar refractivity (Wildman–Crippen MR) is 99.3 cm³/mol. The molecule has 0 bridgehead atoms. The van der Waals surface area contributed by atoms with E-state index in [1.165, 1.54) is 10.9 Å². The van der Waals surface area contributed by atoms with Crippen molar-refractivity contribution in [2.24, 2.45) is 0 Å². The Morgan fingerprint density at radius 3 is 2.63 bits per heavy atom. The van der Waals surface area contributed by atoms with Crippen molar-refractivity contribution in [1.82, 2.24) is 15.1 Å². The van der Waals surface area contributed by atoms with Gasteiger partial charge in [-0.25, -0.2) is 0 Å². The van der Waals surface area contributed by atoms with Crippen LogP contribution in [0.3, 0.4) is 0 Å². The summed E-state index contributed by atoms with van der Waals surface area (Å²) in [5.74, 6) is 0.259. The smallest absolute Gasteiger partial charge is 0.305 e. The molecule has 1 amide bonds. The number of aryl methyl sites for hydroxylation is 1. The number of carboxylic acids is 1. The molecule has 146 valence electrons. The standard InChI is InChI=1S/C19H25N3O5/c1-3-26-16-6-5-14(11-17(16)27-4-2)7-9-20-19(25)15-12-21-22(13-15)10-8-18(23)24/h5-6,11-13H,3-4,7-10H2,1-2H3,(H,20,25)(H,23,24). The molecule has 27 heavy (non-hydrogen) atoms. The molecule has 0 radical (unpaired) electrons. The number of carboxylic acid groups (broad SMARTS) is 1. The Labute approximate surface area is 158 Å². The first-order chi connectivity index (χ1) is 13.0. The number of ether oxygens (including phenoxy) is 2. The van der Waals surface area contributed by atoms with Gasteiger partial charge in [-0.1, -0.05) is 6.07 Å². The summed E-state index contributed by atoms with van der Waals surface area (Å²) in [6, 6.07) is 5.74. The molecule has 1 heterocycles. The zero-order valence-corrected chi connectivity index (χ0v) is 15.6. The molecule has 8 heteroatoms. The molecule has 0 saturated carbocycles. The summed E-state index contributed by atoms with van der Waals surface area (Å²) in [7, 11) is 0. The largest absolute Gasteiger partial charge is 0.490 e. The molecule has 0 unspecified atom stereocenters. The Morgan fingerprint density at radius 1 is 1.19 bits per heavy atom. The van der Waals surface area contributed by atoms with Crippen LogP contribution in [0, 0.1) is 0 Å². The number of carbonyl (C=O) groups excluding carboxylic acids is 1. The average molecular weight is 375 g/mol. The lowest BCUT2D eigenvalue weighted by Crippen LogP contribution is -2.25. The third kappa shape index (κ3) is 6.32. The second kappa shape index (κ2) is 10.2. The van der Waals surface area contributed by atoms with Gasteiger partial charge < -0.3 is 19.9 Å². The topological polar surface area (TPSA) is 103 Å². The summed E-state index contributed by atoms with van der Waals surface area (Å²) < 4.78 is 12.6. The first-order valence-corrected chi connectivity index (χ1v) is 8.94. The lowest BCUT2D eigenvalue weighted by atomic mass is 10.1. The van der Waals surface area contributed by atoms with E-state index >= 15 is 0 Å². The molecule has 0 atom stereocenters. The third-order valence-electron chi connectivity index (χ3n) is 3.76. The van der Waals surface area contributed by atoms with Gasteiger partial charge in [0.2, 0.25) is 0 Å². The quantitative estimate of drug-likeness (QED) is 0.624. The van der Waals surface area contributed by atoms with Gasteiger partial charge in [0.15, 0.2) is 11.5 Å². The van der Waals surface area contributed by atoms with Crippen LogP contribution in [0.4, 0.5) is 0 Å². The molecule has 0 spiro atoms. The van der Waals surface area contributed by atoms with E-state index in [1.54, 1.807) is 6.20 Å². The summed E-state index contributed by atoms with van der Waals surface area (Å²) >= 11 is 0. The zero-order valence-electron chi connectivity index (χ0n) is 15.6. The number of hydrogen-bond acceptors (Lipinski definition) is 5. The number of aliphatic carboxylic acids is 1. The van der Waals surface area contributed by atoms with Crippen LogP contribution >= 0.6 is 0 Å². The zero-order chi connectivity index (χ0) is 19.6. The molecule has 0 aliphatic carbocycles. The van der Waals surface area contributed by atoms with Crippen LogP contribution in [0.1, 0.15) is 36.2 Å². The number of amides is 1. The van der Waals surface area contributed by atoms with Crippen molar-refractivity contribution in [3.8, 4) is 11.5 Å². The molecular weight excluding hydrogens is 350 g/mol. The maximum atomic E-state index is 12.2. The molecular formula is C19H25N3O5. The third-order valence-corrected chi connectivity index (χ3v) is 3.76. The van der Waals surface area contributed by atoms with Crippen molar-refractivity contribution in [3.63, 3.8) is 0 Å². The minimum absolute atomic E-state index is 0.0390. The Balaban J connectivity index is 1.87. The van der Waals surface area contributed by atoms with Crippen molar-refractivity contribution in [1.29, 1.82) is 0 Å². The van der Waals surface area contributed by atoms with Gasteiger partial charge in [0.1, 0.15) is 0 Å². The Kier molecular flexibility index (Phi) is 7.66. The van der Waals surface area contributed by atoms with Crippen LogP contribution < -0.4 is 14.8 Å². The molecule has 0 aliphatic rings. The van der Waals surface area contributed by atoms with E-state index in [0.717, 1.165) is 5.56 Å². The summed E-state index contributed by atoms with van der Waals surface area (Å²) in [6.45, 7) is 5.64. The van der Waals surface area contributed by atoms with Crippen LogP contribution in [0.25, 0.3) is 0 Å². The monoisotopic (exact) mass is 375 g/mol. The number of aromatic nitrogens is 2. The van der Waals surface area contributed by atoms with Crippen LogP contribution in [0.15, 0.2) is 30.6 Å². The summed E-state index contributed by atoms with van der Waals surface area (Å²) in [4.78, 5) is 22.7. The minimum atomic E-state index is -0.904. The first-order valence-electron chi connectivity index (χ1n) is 8.94. The van der Waals surface area contributed by atoms with E-state index in [0.29, 0.717) is 43.2 Å². The highest BCUT2D eigenvalue weighted by Gasteiger charge is 2.10. The van der Waals surface area contributed by atoms with Crippen LogP contribution in [0.2, 0.25) is 0 Å². The van der Waals surface area contributed by atoms with Crippen LogP contribution in [-0.2, 0) is 17.8 Å². The summed E-state index contributed by atoms with van der Waals surface area (Å²) in [6.07, 6.45) is 3.58. The van der Waals surface area contributed by atoms with E-state index in [4.69, 9.17) is 14.6 Å². The fourth-order valence-electron chi connectivity index (χ4n) is 2.49. The second-order valence-electron chi connectivity index (χ2n) is 5.79. The van der Waals surface area contributed by atoms with Gasteiger partial charge in [-0.3, -0.25) is 14.3 Å².